The van der Waals surface area contributed by atoms with Gasteiger partial charge in [0.1, 0.15) is 11.3 Å². The molecule has 1 saturated carbocycles. The van der Waals surface area contributed by atoms with Crippen LogP contribution in [0.2, 0.25) is 0 Å². The Labute approximate surface area is 98.6 Å². The summed E-state index contributed by atoms with van der Waals surface area (Å²) in [6.45, 7) is 0. The van der Waals surface area contributed by atoms with Crippen LogP contribution >= 0.6 is 0 Å². The smallest absolute Gasteiger partial charge is 0.343 e. The zero-order chi connectivity index (χ0) is 12.4. The highest BCUT2D eigenvalue weighted by Crippen LogP contribution is 2.29. The third kappa shape index (κ3) is 2.18. The molecule has 0 spiro atoms. The molecule has 0 aliphatic heterocycles. The molecule has 17 heavy (non-hydrogen) atoms. The molecule has 5 heteroatoms. The van der Waals surface area contributed by atoms with Crippen molar-refractivity contribution >= 4 is 5.97 Å². The zero-order valence-electron chi connectivity index (χ0n) is 9.68. The molecule has 2 rings (SSSR count). The Kier molecular flexibility index (Phi) is 3.17. The number of pyridine rings is 1. The first-order valence-corrected chi connectivity index (χ1v) is 5.67. The van der Waals surface area contributed by atoms with E-state index in [-0.39, 0.29) is 22.9 Å². The molecular weight excluding hydrogens is 222 g/mol. The van der Waals surface area contributed by atoms with Crippen molar-refractivity contribution in [1.82, 2.24) is 4.57 Å². The van der Waals surface area contributed by atoms with E-state index in [9.17, 15) is 14.7 Å². The molecule has 0 saturated heterocycles. The van der Waals surface area contributed by atoms with Crippen molar-refractivity contribution in [2.45, 2.75) is 31.7 Å². The molecule has 1 aromatic rings. The lowest BCUT2D eigenvalue weighted by molar-refractivity contribution is 0.0596. The summed E-state index contributed by atoms with van der Waals surface area (Å²) >= 11 is 0. The summed E-state index contributed by atoms with van der Waals surface area (Å²) in [6.07, 6.45) is 5.45. The minimum absolute atomic E-state index is 0.0407. The summed E-state index contributed by atoms with van der Waals surface area (Å²) in [4.78, 5) is 23.2. The van der Waals surface area contributed by atoms with Gasteiger partial charge in [0.2, 0.25) is 0 Å². The standard InChI is InChI=1S/C12H15NO4/c1-17-12(16)9-7-13(8-4-2-3-5-8)11(15)6-10(9)14/h6-8,14H,2-5H2,1H3. The monoisotopic (exact) mass is 237 g/mol. The first-order chi connectivity index (χ1) is 8.13. The first kappa shape index (κ1) is 11.7. The third-order valence-corrected chi connectivity index (χ3v) is 3.18. The maximum absolute atomic E-state index is 11.7. The average molecular weight is 237 g/mol. The predicted octanol–water partition coefficient (Wildman–Crippen LogP) is 1.46. The number of hydrogen-bond donors (Lipinski definition) is 1. The van der Waals surface area contributed by atoms with E-state index in [0.717, 1.165) is 31.7 Å². The van der Waals surface area contributed by atoms with E-state index in [1.54, 1.807) is 0 Å². The number of carbonyl (C=O) groups is 1. The number of nitrogens with zero attached hydrogens (tertiary/aromatic N) is 1. The van der Waals surface area contributed by atoms with Crippen LogP contribution < -0.4 is 5.56 Å². The van der Waals surface area contributed by atoms with E-state index < -0.39 is 5.97 Å². The molecule has 1 fully saturated rings. The predicted molar refractivity (Wildman–Crippen MR) is 61.2 cm³/mol. The second-order valence-corrected chi connectivity index (χ2v) is 4.25. The Morgan fingerprint density at radius 1 is 1.47 bits per heavy atom. The van der Waals surface area contributed by atoms with E-state index in [1.807, 2.05) is 0 Å². The number of aromatic hydroxyl groups is 1. The molecular formula is C12H15NO4. The maximum Gasteiger partial charge on any atom is 0.343 e. The zero-order valence-corrected chi connectivity index (χ0v) is 9.68. The number of rotatable bonds is 2. The normalized spacial score (nSPS) is 16.1. The fraction of sp³-hybridized carbons (Fsp3) is 0.500. The summed E-state index contributed by atoms with van der Waals surface area (Å²) in [5, 5.41) is 9.55. The molecule has 92 valence electrons. The Morgan fingerprint density at radius 3 is 2.71 bits per heavy atom. The van der Waals surface area contributed by atoms with Crippen molar-refractivity contribution in [3.05, 3.63) is 28.2 Å². The van der Waals surface area contributed by atoms with Crippen LogP contribution in [0.15, 0.2) is 17.1 Å². The minimum Gasteiger partial charge on any atom is -0.507 e. The second kappa shape index (κ2) is 4.61. The molecule has 1 heterocycles. The molecule has 0 aromatic carbocycles. The van der Waals surface area contributed by atoms with Crippen molar-refractivity contribution in [3.63, 3.8) is 0 Å². The number of carbonyl (C=O) groups excluding carboxylic acids is 1. The molecule has 1 aliphatic rings. The van der Waals surface area contributed by atoms with Crippen LogP contribution in [0.1, 0.15) is 42.1 Å². The lowest BCUT2D eigenvalue weighted by Gasteiger charge is -2.14. The van der Waals surface area contributed by atoms with Gasteiger partial charge in [-0.25, -0.2) is 4.79 Å². The first-order valence-electron chi connectivity index (χ1n) is 5.67. The van der Waals surface area contributed by atoms with Crippen LogP contribution in [0.4, 0.5) is 0 Å². The quantitative estimate of drug-likeness (QED) is 0.790. The summed E-state index contributed by atoms with van der Waals surface area (Å²) in [7, 11) is 1.24. The SMILES string of the molecule is COC(=O)c1cn(C2CCCC2)c(=O)cc1O. The minimum atomic E-state index is -0.630. The molecule has 1 aromatic heterocycles. The van der Waals surface area contributed by atoms with Gasteiger partial charge in [0.05, 0.1) is 7.11 Å². The van der Waals surface area contributed by atoms with Crippen molar-refractivity contribution in [2.24, 2.45) is 0 Å². The third-order valence-electron chi connectivity index (χ3n) is 3.18. The van der Waals surface area contributed by atoms with Gasteiger partial charge < -0.3 is 14.4 Å². The van der Waals surface area contributed by atoms with Gasteiger partial charge >= 0.3 is 5.97 Å². The van der Waals surface area contributed by atoms with Crippen molar-refractivity contribution < 1.29 is 14.6 Å². The molecule has 0 bridgehead atoms. The van der Waals surface area contributed by atoms with Crippen LogP contribution in [0.25, 0.3) is 0 Å². The lowest BCUT2D eigenvalue weighted by atomic mass is 10.2. The van der Waals surface area contributed by atoms with E-state index in [2.05, 4.69) is 4.74 Å². The summed E-state index contributed by atoms with van der Waals surface area (Å²) in [5.74, 6) is -0.953. The Morgan fingerprint density at radius 2 is 2.12 bits per heavy atom. The van der Waals surface area contributed by atoms with Gasteiger partial charge in [0.25, 0.3) is 5.56 Å². The molecule has 1 aliphatic carbocycles. The van der Waals surface area contributed by atoms with Gasteiger partial charge in [-0.15, -0.1) is 0 Å². The second-order valence-electron chi connectivity index (χ2n) is 4.25. The molecule has 0 atom stereocenters. The van der Waals surface area contributed by atoms with Crippen LogP contribution in [0, 0.1) is 0 Å². The van der Waals surface area contributed by atoms with Crippen molar-refractivity contribution in [1.29, 1.82) is 0 Å². The molecule has 0 unspecified atom stereocenters. The Bertz CT molecular complexity index is 486. The molecule has 0 radical (unpaired) electrons. The number of esters is 1. The van der Waals surface area contributed by atoms with E-state index >= 15 is 0 Å². The average Bonchev–Trinajstić information content (AvgIpc) is 2.81. The summed E-state index contributed by atoms with van der Waals surface area (Å²) < 4.78 is 6.09. The maximum atomic E-state index is 11.7. The van der Waals surface area contributed by atoms with Gasteiger partial charge in [-0.1, -0.05) is 12.8 Å². The van der Waals surface area contributed by atoms with Crippen LogP contribution in [0.5, 0.6) is 5.75 Å². The fourth-order valence-electron chi connectivity index (χ4n) is 2.27. The highest BCUT2D eigenvalue weighted by Gasteiger charge is 2.21. The van der Waals surface area contributed by atoms with Crippen molar-refractivity contribution in [3.8, 4) is 5.75 Å². The highest BCUT2D eigenvalue weighted by atomic mass is 16.5. The van der Waals surface area contributed by atoms with Gasteiger partial charge in [-0.05, 0) is 12.8 Å². The number of aromatic nitrogens is 1. The van der Waals surface area contributed by atoms with Gasteiger partial charge in [-0.2, -0.15) is 0 Å². The van der Waals surface area contributed by atoms with Gasteiger partial charge in [-0.3, -0.25) is 4.79 Å². The van der Waals surface area contributed by atoms with Crippen LogP contribution in [-0.2, 0) is 4.74 Å². The topological polar surface area (TPSA) is 68.5 Å². The fourth-order valence-corrected chi connectivity index (χ4v) is 2.27. The van der Waals surface area contributed by atoms with E-state index in [4.69, 9.17) is 0 Å². The van der Waals surface area contributed by atoms with E-state index in [0.29, 0.717) is 0 Å². The number of hydrogen-bond acceptors (Lipinski definition) is 4. The highest BCUT2D eigenvalue weighted by molar-refractivity contribution is 5.91. The largest absolute Gasteiger partial charge is 0.507 e. The lowest BCUT2D eigenvalue weighted by Crippen LogP contribution is -2.23. The molecule has 0 amide bonds. The number of methoxy groups -OCH3 is 1. The molecule has 1 N–H and O–H groups in total. The van der Waals surface area contributed by atoms with Crippen LogP contribution in [-0.4, -0.2) is 22.8 Å². The Hall–Kier alpha value is -1.78. The van der Waals surface area contributed by atoms with Gasteiger partial charge in [0.15, 0.2) is 0 Å². The number of ether oxygens (including phenoxy) is 1. The molecule has 5 nitrogen and oxygen atoms in total. The Balaban J connectivity index is 2.45. The van der Waals surface area contributed by atoms with Crippen LogP contribution in [0.3, 0.4) is 0 Å². The van der Waals surface area contributed by atoms with E-state index in [1.165, 1.54) is 17.9 Å². The van der Waals surface area contributed by atoms with Crippen molar-refractivity contribution in [2.75, 3.05) is 7.11 Å². The summed E-state index contributed by atoms with van der Waals surface area (Å²) in [6, 6.07) is 1.21. The van der Waals surface area contributed by atoms with Gasteiger partial charge in [0, 0.05) is 18.3 Å². The summed E-state index contributed by atoms with van der Waals surface area (Å²) in [5.41, 5.74) is -0.235.